The molecule has 7 heteroatoms. The Morgan fingerprint density at radius 1 is 1.24 bits per heavy atom. The van der Waals surface area contributed by atoms with Crippen molar-refractivity contribution in [3.8, 4) is 5.75 Å². The maximum atomic E-state index is 14.5. The number of aliphatic imine (C=N–C) groups is 1. The summed E-state index contributed by atoms with van der Waals surface area (Å²) in [6, 6.07) is 7.70. The number of ether oxygens (including phenoxy) is 1. The molecule has 0 saturated heterocycles. The molecule has 1 heterocycles. The minimum Gasteiger partial charge on any atom is -0.489 e. The van der Waals surface area contributed by atoms with E-state index in [0.29, 0.717) is 33.0 Å². The van der Waals surface area contributed by atoms with Crippen LogP contribution in [0.3, 0.4) is 0 Å². The third-order valence-electron chi connectivity index (χ3n) is 3.81. The number of nitrogens with zero attached hydrogens (tertiary/aromatic N) is 1. The summed E-state index contributed by atoms with van der Waals surface area (Å²) in [5.74, 6) is -0.780. The molecule has 0 atom stereocenters. The van der Waals surface area contributed by atoms with Gasteiger partial charge in [-0.25, -0.2) is 4.39 Å². The van der Waals surface area contributed by atoms with E-state index in [1.54, 1.807) is 37.3 Å². The lowest BCUT2D eigenvalue weighted by atomic mass is 9.93. The predicted molar refractivity (Wildman–Crippen MR) is 95.3 cm³/mol. The van der Waals surface area contributed by atoms with Gasteiger partial charge in [0.1, 0.15) is 18.2 Å². The molecule has 0 radical (unpaired) electrons. The largest absolute Gasteiger partial charge is 0.489 e. The molecule has 0 aliphatic carbocycles. The summed E-state index contributed by atoms with van der Waals surface area (Å²) in [5.41, 5.74) is 12.9. The summed E-state index contributed by atoms with van der Waals surface area (Å²) < 4.78 is 20.0. The zero-order valence-electron chi connectivity index (χ0n) is 13.3. The fraction of sp³-hybridized carbons (Fsp3) is 0.111. The summed E-state index contributed by atoms with van der Waals surface area (Å²) in [6.07, 6.45) is 1.74. The quantitative estimate of drug-likeness (QED) is 0.637. The van der Waals surface area contributed by atoms with Gasteiger partial charge in [-0.2, -0.15) is 4.99 Å². The highest BCUT2D eigenvalue weighted by Crippen LogP contribution is 2.37. The van der Waals surface area contributed by atoms with Crippen LogP contribution in [0.2, 0.25) is 5.02 Å². The Bertz CT molecular complexity index is 934. The minimum absolute atomic E-state index is 0.266. The highest BCUT2D eigenvalue weighted by atomic mass is 35.5. The molecular weight excluding hydrogens is 345 g/mol. The van der Waals surface area contributed by atoms with Crippen molar-refractivity contribution in [3.05, 3.63) is 69.5 Å². The predicted octanol–water partition coefficient (Wildman–Crippen LogP) is 3.03. The Labute approximate surface area is 148 Å². The van der Waals surface area contributed by atoms with Gasteiger partial charge in [0.15, 0.2) is 5.96 Å². The van der Waals surface area contributed by atoms with E-state index in [1.165, 1.54) is 6.07 Å². The number of carbonyl (C=O) groups excluding carboxylic acids is 1. The van der Waals surface area contributed by atoms with Crippen LogP contribution in [-0.2, 0) is 0 Å². The molecule has 0 bridgehead atoms. The van der Waals surface area contributed by atoms with Crippen molar-refractivity contribution >= 4 is 29.0 Å². The van der Waals surface area contributed by atoms with E-state index < -0.39 is 11.7 Å². The molecule has 2 aromatic rings. The van der Waals surface area contributed by atoms with Gasteiger partial charge >= 0.3 is 0 Å². The van der Waals surface area contributed by atoms with Crippen LogP contribution < -0.4 is 16.2 Å². The van der Waals surface area contributed by atoms with Gasteiger partial charge in [0.2, 0.25) is 0 Å². The van der Waals surface area contributed by atoms with Crippen molar-refractivity contribution in [2.24, 2.45) is 16.5 Å². The minimum atomic E-state index is -0.588. The van der Waals surface area contributed by atoms with Crippen molar-refractivity contribution < 1.29 is 13.9 Å². The van der Waals surface area contributed by atoms with Gasteiger partial charge in [0.25, 0.3) is 5.91 Å². The molecule has 3 rings (SSSR count). The summed E-state index contributed by atoms with van der Waals surface area (Å²) in [6.45, 7) is 2.02. The summed E-state index contributed by atoms with van der Waals surface area (Å²) in [7, 11) is 0. The number of rotatable bonds is 2. The number of amides is 1. The fourth-order valence-corrected chi connectivity index (χ4v) is 2.78. The smallest absolute Gasteiger partial charge is 0.280 e. The number of aryl methyl sites for hydroxylation is 1. The third-order valence-corrected chi connectivity index (χ3v) is 4.22. The van der Waals surface area contributed by atoms with Crippen LogP contribution in [0.1, 0.15) is 27.0 Å². The van der Waals surface area contributed by atoms with E-state index >= 15 is 0 Å². The van der Waals surface area contributed by atoms with Crippen molar-refractivity contribution in [1.82, 2.24) is 0 Å². The number of nitrogens with two attached hydrogens (primary N) is 2. The summed E-state index contributed by atoms with van der Waals surface area (Å²) in [4.78, 5) is 15.6. The fourth-order valence-electron chi connectivity index (χ4n) is 2.61. The van der Waals surface area contributed by atoms with Crippen LogP contribution in [0.25, 0.3) is 5.57 Å². The van der Waals surface area contributed by atoms with E-state index in [2.05, 4.69) is 4.99 Å². The number of hydrogen-bond acceptors (Lipinski definition) is 2. The first-order chi connectivity index (χ1) is 11.9. The van der Waals surface area contributed by atoms with E-state index in [1.807, 2.05) is 0 Å². The lowest BCUT2D eigenvalue weighted by Crippen LogP contribution is -2.24. The molecule has 0 spiro atoms. The van der Waals surface area contributed by atoms with Gasteiger partial charge in [0, 0.05) is 21.7 Å². The van der Waals surface area contributed by atoms with Crippen LogP contribution in [0.5, 0.6) is 5.75 Å². The highest BCUT2D eigenvalue weighted by molar-refractivity contribution is 6.31. The molecule has 5 nitrogen and oxygen atoms in total. The van der Waals surface area contributed by atoms with Gasteiger partial charge < -0.3 is 16.2 Å². The average molecular weight is 360 g/mol. The topological polar surface area (TPSA) is 90.7 Å². The Balaban J connectivity index is 2.12. The second-order valence-electron chi connectivity index (χ2n) is 5.56. The number of fused-ring (bicyclic) bond motifs is 1. The molecule has 2 aromatic carbocycles. The average Bonchev–Trinajstić information content (AvgIpc) is 2.56. The van der Waals surface area contributed by atoms with Crippen LogP contribution in [0.15, 0.2) is 41.4 Å². The lowest BCUT2D eigenvalue weighted by molar-refractivity contribution is 0.100. The van der Waals surface area contributed by atoms with Crippen LogP contribution in [0, 0.1) is 12.7 Å². The molecule has 1 amide bonds. The molecular formula is C18H15ClFN3O2. The van der Waals surface area contributed by atoms with Crippen molar-refractivity contribution in [1.29, 1.82) is 0 Å². The molecule has 0 unspecified atom stereocenters. The van der Waals surface area contributed by atoms with E-state index in [4.69, 9.17) is 27.8 Å². The van der Waals surface area contributed by atoms with Crippen LogP contribution >= 0.6 is 11.6 Å². The SMILES string of the molecule is Cc1cc(F)c(C2=CCOc3ccc(C(=O)N=C(N)N)cc32)cc1Cl. The number of hydrogen-bond donors (Lipinski definition) is 2. The zero-order valence-corrected chi connectivity index (χ0v) is 14.1. The Kier molecular flexibility index (Phi) is 4.46. The van der Waals surface area contributed by atoms with E-state index in [0.717, 1.165) is 0 Å². The number of benzene rings is 2. The standard InChI is InChI=1S/C18H15ClFN3O2/c1-9-6-15(20)12(8-14(9)19)11-4-5-25-16-3-2-10(7-13(11)16)17(24)23-18(21)22/h2-4,6-8H,5H2,1H3,(H4,21,22,23,24). The second-order valence-corrected chi connectivity index (χ2v) is 5.97. The Morgan fingerprint density at radius 2 is 2.00 bits per heavy atom. The Morgan fingerprint density at radius 3 is 2.72 bits per heavy atom. The first-order valence-electron chi connectivity index (χ1n) is 7.44. The van der Waals surface area contributed by atoms with E-state index in [-0.39, 0.29) is 18.1 Å². The first kappa shape index (κ1) is 17.0. The van der Waals surface area contributed by atoms with Crippen molar-refractivity contribution in [2.75, 3.05) is 6.61 Å². The molecule has 4 N–H and O–H groups in total. The van der Waals surface area contributed by atoms with Crippen molar-refractivity contribution in [3.63, 3.8) is 0 Å². The van der Waals surface area contributed by atoms with Crippen LogP contribution in [-0.4, -0.2) is 18.5 Å². The molecule has 25 heavy (non-hydrogen) atoms. The van der Waals surface area contributed by atoms with Gasteiger partial charge in [0.05, 0.1) is 0 Å². The molecule has 0 fully saturated rings. The van der Waals surface area contributed by atoms with Gasteiger partial charge in [-0.1, -0.05) is 11.6 Å². The molecule has 0 aromatic heterocycles. The molecule has 1 aliphatic rings. The van der Waals surface area contributed by atoms with Gasteiger partial charge in [-0.3, -0.25) is 4.79 Å². The maximum absolute atomic E-state index is 14.5. The second kappa shape index (κ2) is 6.57. The number of halogens is 2. The first-order valence-corrected chi connectivity index (χ1v) is 7.82. The van der Waals surface area contributed by atoms with Crippen LogP contribution in [0.4, 0.5) is 4.39 Å². The number of guanidine groups is 1. The third kappa shape index (κ3) is 3.34. The molecule has 1 aliphatic heterocycles. The van der Waals surface area contributed by atoms with Gasteiger partial charge in [-0.15, -0.1) is 0 Å². The summed E-state index contributed by atoms with van der Waals surface area (Å²) >= 11 is 6.15. The van der Waals surface area contributed by atoms with Gasteiger partial charge in [-0.05, 0) is 54.5 Å². The van der Waals surface area contributed by atoms with Crippen molar-refractivity contribution in [2.45, 2.75) is 6.92 Å². The normalized spacial score (nSPS) is 12.7. The van der Waals surface area contributed by atoms with E-state index in [9.17, 15) is 9.18 Å². The number of carbonyl (C=O) groups is 1. The maximum Gasteiger partial charge on any atom is 0.280 e. The molecule has 128 valence electrons. The lowest BCUT2D eigenvalue weighted by Gasteiger charge is -2.20. The zero-order chi connectivity index (χ0) is 18.1. The Hall–Kier alpha value is -2.86. The highest BCUT2D eigenvalue weighted by Gasteiger charge is 2.21. The molecule has 0 saturated carbocycles. The summed E-state index contributed by atoms with van der Waals surface area (Å²) in [5, 5.41) is 0.457. The monoisotopic (exact) mass is 359 g/mol.